The maximum absolute atomic E-state index is 13.2. The predicted octanol–water partition coefficient (Wildman–Crippen LogP) is 10.8. The van der Waals surface area contributed by atoms with E-state index in [0.717, 1.165) is 64.2 Å². The summed E-state index contributed by atoms with van der Waals surface area (Å²) in [5.74, 6) is -0.715. The number of aliphatic hydroxyl groups is 5. The number of carbonyl (C=O) groups excluding carboxylic acids is 1. The van der Waals surface area contributed by atoms with Crippen molar-refractivity contribution in [2.75, 3.05) is 13.2 Å². The first-order valence-corrected chi connectivity index (χ1v) is 28.3. The highest BCUT2D eigenvalue weighted by Gasteiger charge is 2.48. The van der Waals surface area contributed by atoms with Crippen molar-refractivity contribution in [3.8, 4) is 0 Å². The summed E-state index contributed by atoms with van der Waals surface area (Å²) in [6.07, 6.45) is 40.8. The molecule has 0 saturated carbocycles. The molecular weight excluding hydrogens is 875 g/mol. The fourth-order valence-electron chi connectivity index (χ4n) is 8.47. The monoisotopic (exact) mass is 974 g/mol. The second-order valence-electron chi connectivity index (χ2n) is 18.9. The molecule has 1 amide bonds. The number of unbranched alkanes of at least 4 members (excludes halogenated alkanes) is 29. The minimum absolute atomic E-state index is 0.230. The molecule has 0 bridgehead atoms. The molecule has 1 rings (SSSR count). The van der Waals surface area contributed by atoms with E-state index in [4.69, 9.17) is 9.47 Å². The highest BCUT2D eigenvalue weighted by molar-refractivity contribution is 7.80. The molecule has 1 saturated heterocycles. The molecule has 394 valence electrons. The van der Waals surface area contributed by atoms with E-state index >= 15 is 0 Å². The molecule has 1 aliphatic rings. The van der Waals surface area contributed by atoms with Gasteiger partial charge in [-0.15, -0.1) is 0 Å². The molecule has 0 radical (unpaired) electrons. The third-order valence-electron chi connectivity index (χ3n) is 12.8. The normalized spacial score (nSPS) is 20.6. The van der Waals surface area contributed by atoms with Crippen LogP contribution in [0.25, 0.3) is 0 Å². The summed E-state index contributed by atoms with van der Waals surface area (Å²) in [6, 6.07) is -1.14. The van der Waals surface area contributed by atoms with E-state index in [1.807, 2.05) is 0 Å². The topological polar surface area (TPSA) is 212 Å². The Labute approximate surface area is 408 Å². The molecule has 0 aromatic carbocycles. The van der Waals surface area contributed by atoms with E-state index in [1.165, 1.54) is 141 Å². The van der Waals surface area contributed by atoms with E-state index in [-0.39, 0.29) is 6.42 Å². The van der Waals surface area contributed by atoms with Gasteiger partial charge < -0.3 is 40.3 Å². The van der Waals surface area contributed by atoms with Crippen LogP contribution in [0.1, 0.15) is 232 Å². The number of hydrogen-bond acceptors (Lipinski definition) is 11. The van der Waals surface area contributed by atoms with Crippen LogP contribution in [0.2, 0.25) is 0 Å². The van der Waals surface area contributed by atoms with Crippen molar-refractivity contribution < 1.29 is 57.0 Å². The van der Waals surface area contributed by atoms with Crippen molar-refractivity contribution >= 4 is 16.3 Å². The zero-order chi connectivity index (χ0) is 49.2. The summed E-state index contributed by atoms with van der Waals surface area (Å²) < 4.78 is 47.6. The van der Waals surface area contributed by atoms with E-state index in [0.29, 0.717) is 12.8 Å². The Bertz CT molecular complexity index is 1350. The van der Waals surface area contributed by atoms with Gasteiger partial charge >= 0.3 is 10.4 Å². The molecule has 1 fully saturated rings. The van der Waals surface area contributed by atoms with Crippen LogP contribution in [0, 0.1) is 0 Å². The second-order valence-corrected chi connectivity index (χ2v) is 20.0. The molecule has 8 unspecified atom stereocenters. The number of amides is 1. The van der Waals surface area contributed by atoms with Crippen LogP contribution < -0.4 is 5.32 Å². The summed E-state index contributed by atoms with van der Waals surface area (Å²) in [5.41, 5.74) is 0. The van der Waals surface area contributed by atoms with Crippen molar-refractivity contribution in [2.45, 2.75) is 281 Å². The molecule has 67 heavy (non-hydrogen) atoms. The first-order valence-electron chi connectivity index (χ1n) is 27.0. The van der Waals surface area contributed by atoms with Gasteiger partial charge in [-0.1, -0.05) is 211 Å². The van der Waals surface area contributed by atoms with Gasteiger partial charge in [0.05, 0.1) is 25.4 Å². The third kappa shape index (κ3) is 35.1. The Kier molecular flexibility index (Phi) is 40.7. The standard InChI is InChI=1S/C53H99NO12S/c1-3-5-7-9-11-13-15-17-19-21-23-24-26-28-30-32-34-36-38-40-42-47(57)52(60)54-45(44-64-53-50(59)51(66-67(61,62)63)49(58)48(43-55)65-53)46(56)41-39-37-35-33-31-29-27-25-22-20-18-16-14-12-10-8-6-4-2/h24,26,31,33,39,41,45-51,53,55-59H,3-23,25,27-30,32,34-38,40,42-44H2,1-2H3,(H,54,60)(H,61,62,63)/b26-24-,33-31+,41-39+. The van der Waals surface area contributed by atoms with Crippen LogP contribution in [0.15, 0.2) is 36.5 Å². The molecule has 13 nitrogen and oxygen atoms in total. The van der Waals surface area contributed by atoms with Crippen LogP contribution in [0.3, 0.4) is 0 Å². The molecule has 0 aromatic rings. The lowest BCUT2D eigenvalue weighted by atomic mass is 9.99. The number of hydrogen-bond donors (Lipinski definition) is 7. The molecule has 7 N–H and O–H groups in total. The van der Waals surface area contributed by atoms with Crippen molar-refractivity contribution in [1.29, 1.82) is 0 Å². The maximum Gasteiger partial charge on any atom is 0.397 e. The number of aliphatic hydroxyl groups excluding tert-OH is 5. The van der Waals surface area contributed by atoms with Gasteiger partial charge in [0.15, 0.2) is 6.29 Å². The smallest absolute Gasteiger partial charge is 0.394 e. The van der Waals surface area contributed by atoms with Gasteiger partial charge in [0.25, 0.3) is 0 Å². The second kappa shape index (κ2) is 43.1. The van der Waals surface area contributed by atoms with E-state index in [2.05, 4.69) is 47.7 Å². The minimum Gasteiger partial charge on any atom is -0.394 e. The van der Waals surface area contributed by atoms with Gasteiger partial charge in [-0.05, 0) is 57.8 Å². The average molecular weight is 974 g/mol. The van der Waals surface area contributed by atoms with Crippen LogP contribution >= 0.6 is 0 Å². The number of ether oxygens (including phenoxy) is 2. The molecule has 1 heterocycles. The minimum atomic E-state index is -5.13. The average Bonchev–Trinajstić information content (AvgIpc) is 3.30. The van der Waals surface area contributed by atoms with Crippen LogP contribution in [0.5, 0.6) is 0 Å². The summed E-state index contributed by atoms with van der Waals surface area (Å²) >= 11 is 0. The SMILES string of the molecule is CCCCCCCCCCCC/C=C\CCCCCCCCC(O)C(=O)NC(COC1OC(CO)C(O)C(OS(=O)(=O)O)C1O)C(O)/C=C/CC/C=C/CCCCCCCCCCCCCC. The summed E-state index contributed by atoms with van der Waals surface area (Å²) in [7, 11) is -5.13. The Morgan fingerprint density at radius 3 is 1.43 bits per heavy atom. The summed E-state index contributed by atoms with van der Waals surface area (Å²) in [6.45, 7) is 3.23. The fraction of sp³-hybridized carbons (Fsp3) is 0.868. The van der Waals surface area contributed by atoms with E-state index < -0.39 is 78.5 Å². The molecule has 1 aliphatic heterocycles. The predicted molar refractivity (Wildman–Crippen MR) is 270 cm³/mol. The molecule has 0 aromatic heterocycles. The molecule has 8 atom stereocenters. The quantitative estimate of drug-likeness (QED) is 0.0173. The van der Waals surface area contributed by atoms with Gasteiger partial charge in [-0.3, -0.25) is 9.35 Å². The van der Waals surface area contributed by atoms with Gasteiger partial charge in [0.2, 0.25) is 5.91 Å². The zero-order valence-corrected chi connectivity index (χ0v) is 42.9. The lowest BCUT2D eigenvalue weighted by Crippen LogP contribution is -2.61. The highest BCUT2D eigenvalue weighted by Crippen LogP contribution is 2.26. The summed E-state index contributed by atoms with van der Waals surface area (Å²) in [4.78, 5) is 13.2. The Morgan fingerprint density at radius 2 is 1.00 bits per heavy atom. The van der Waals surface area contributed by atoms with Gasteiger partial charge in [0, 0.05) is 0 Å². The lowest BCUT2D eigenvalue weighted by Gasteiger charge is -2.41. The van der Waals surface area contributed by atoms with Crippen molar-refractivity contribution in [1.82, 2.24) is 5.32 Å². The number of rotatable bonds is 46. The lowest BCUT2D eigenvalue weighted by molar-refractivity contribution is -0.298. The largest absolute Gasteiger partial charge is 0.397 e. The zero-order valence-electron chi connectivity index (χ0n) is 42.1. The molecule has 0 spiro atoms. The van der Waals surface area contributed by atoms with Crippen molar-refractivity contribution in [2.24, 2.45) is 0 Å². The van der Waals surface area contributed by atoms with Gasteiger partial charge in [-0.2, -0.15) is 8.42 Å². The van der Waals surface area contributed by atoms with Crippen molar-refractivity contribution in [3.63, 3.8) is 0 Å². The first kappa shape index (κ1) is 63.3. The number of allylic oxidation sites excluding steroid dienone is 5. The van der Waals surface area contributed by atoms with E-state index in [9.17, 15) is 43.3 Å². The van der Waals surface area contributed by atoms with E-state index in [1.54, 1.807) is 6.08 Å². The number of nitrogens with one attached hydrogen (secondary N) is 1. The maximum atomic E-state index is 13.2. The van der Waals surface area contributed by atoms with Gasteiger partial charge in [-0.25, -0.2) is 4.18 Å². The summed E-state index contributed by atoms with van der Waals surface area (Å²) in [5, 5.41) is 55.4. The molecular formula is C53H99NO12S. The first-order chi connectivity index (χ1) is 32.4. The van der Waals surface area contributed by atoms with Crippen LogP contribution in [-0.2, 0) is 28.9 Å². The Balaban J connectivity index is 2.51. The molecule has 0 aliphatic carbocycles. The highest BCUT2D eigenvalue weighted by atomic mass is 32.3. The number of carbonyl (C=O) groups is 1. The third-order valence-corrected chi connectivity index (χ3v) is 13.2. The Morgan fingerprint density at radius 1 is 0.597 bits per heavy atom. The fourth-order valence-corrected chi connectivity index (χ4v) is 8.98. The molecule has 14 heteroatoms. The Hall–Kier alpha value is -1.72. The van der Waals surface area contributed by atoms with Gasteiger partial charge in [0.1, 0.15) is 30.5 Å². The van der Waals surface area contributed by atoms with Crippen LogP contribution in [0.4, 0.5) is 0 Å². The van der Waals surface area contributed by atoms with Crippen LogP contribution in [-0.4, -0.2) is 107 Å². The van der Waals surface area contributed by atoms with Crippen molar-refractivity contribution in [3.05, 3.63) is 36.5 Å².